The Morgan fingerprint density at radius 1 is 1.28 bits per heavy atom. The Bertz CT molecular complexity index is 717. The van der Waals surface area contributed by atoms with E-state index in [1.165, 1.54) is 0 Å². The molecule has 3 rings (SSSR count). The van der Waals surface area contributed by atoms with Gasteiger partial charge in [-0.3, -0.25) is 9.48 Å². The molecule has 7 nitrogen and oxygen atoms in total. The maximum absolute atomic E-state index is 12.6. The smallest absolute Gasteiger partial charge is 0.255 e. The van der Waals surface area contributed by atoms with Crippen LogP contribution in [0.1, 0.15) is 29.8 Å². The summed E-state index contributed by atoms with van der Waals surface area (Å²) in [6.07, 6.45) is 5.69. The maximum atomic E-state index is 12.6. The van der Waals surface area contributed by atoms with Crippen LogP contribution in [0, 0.1) is 0 Å². The summed E-state index contributed by atoms with van der Waals surface area (Å²) in [6.45, 7) is 6.27. The number of hydrogen-bond donors (Lipinski definition) is 0. The minimum atomic E-state index is -0.0494. The van der Waals surface area contributed by atoms with Gasteiger partial charge < -0.3 is 14.5 Å². The fourth-order valence-electron chi connectivity index (χ4n) is 3.18. The number of nitrogens with zero attached hydrogens (tertiary/aromatic N) is 5. The molecule has 0 spiro atoms. The highest BCUT2D eigenvalue weighted by Crippen LogP contribution is 2.19. The second kappa shape index (κ2) is 7.23. The first-order valence-electron chi connectivity index (χ1n) is 8.52. The standard InChI is InChI=1S/C18H25N5O2/c1-13-9-23(10-14(2)25-13)17-6-5-16(8-19-17)18(24)21(3)11-15-7-20-22(4)12-15/h5-8,12-14H,9-11H2,1-4H3/t13-,14+. The molecule has 7 heteroatoms. The molecule has 0 aliphatic carbocycles. The number of ether oxygens (including phenoxy) is 1. The van der Waals surface area contributed by atoms with Gasteiger partial charge in [-0.1, -0.05) is 0 Å². The highest BCUT2D eigenvalue weighted by atomic mass is 16.5. The predicted octanol–water partition coefficient (Wildman–Crippen LogP) is 1.70. The molecule has 134 valence electrons. The lowest BCUT2D eigenvalue weighted by molar-refractivity contribution is -0.00546. The zero-order valence-electron chi connectivity index (χ0n) is 15.2. The molecule has 0 bridgehead atoms. The van der Waals surface area contributed by atoms with Gasteiger partial charge in [0.1, 0.15) is 5.82 Å². The van der Waals surface area contributed by atoms with Crippen molar-refractivity contribution in [3.63, 3.8) is 0 Å². The Morgan fingerprint density at radius 2 is 2.00 bits per heavy atom. The van der Waals surface area contributed by atoms with Crippen LogP contribution in [0.5, 0.6) is 0 Å². The van der Waals surface area contributed by atoms with Crippen LogP contribution in [-0.4, -0.2) is 57.9 Å². The fraction of sp³-hybridized carbons (Fsp3) is 0.500. The van der Waals surface area contributed by atoms with Crippen LogP contribution < -0.4 is 4.90 Å². The Kier molecular flexibility index (Phi) is 5.03. The first kappa shape index (κ1) is 17.4. The molecular formula is C18H25N5O2. The zero-order chi connectivity index (χ0) is 18.0. The van der Waals surface area contributed by atoms with Gasteiger partial charge >= 0.3 is 0 Å². The van der Waals surface area contributed by atoms with E-state index in [-0.39, 0.29) is 18.1 Å². The Balaban J connectivity index is 1.65. The quantitative estimate of drug-likeness (QED) is 0.845. The predicted molar refractivity (Wildman–Crippen MR) is 95.5 cm³/mol. The number of anilines is 1. The Labute approximate surface area is 148 Å². The lowest BCUT2D eigenvalue weighted by Crippen LogP contribution is -2.45. The van der Waals surface area contributed by atoms with Crippen molar-refractivity contribution in [3.8, 4) is 0 Å². The fourth-order valence-corrected chi connectivity index (χ4v) is 3.18. The molecule has 0 radical (unpaired) electrons. The molecule has 25 heavy (non-hydrogen) atoms. The third-order valence-electron chi connectivity index (χ3n) is 4.26. The van der Waals surface area contributed by atoms with Gasteiger partial charge in [-0.2, -0.15) is 5.10 Å². The normalized spacial score (nSPS) is 20.6. The molecule has 3 heterocycles. The van der Waals surface area contributed by atoms with Crippen molar-refractivity contribution in [1.82, 2.24) is 19.7 Å². The van der Waals surface area contributed by atoms with E-state index in [1.54, 1.807) is 29.0 Å². The molecule has 1 fully saturated rings. The summed E-state index contributed by atoms with van der Waals surface area (Å²) in [7, 11) is 3.65. The van der Waals surface area contributed by atoms with Gasteiger partial charge in [-0.15, -0.1) is 0 Å². The number of carbonyl (C=O) groups is 1. The van der Waals surface area contributed by atoms with E-state index in [2.05, 4.69) is 28.8 Å². The van der Waals surface area contributed by atoms with Crippen LogP contribution in [-0.2, 0) is 18.3 Å². The van der Waals surface area contributed by atoms with Crippen LogP contribution in [0.3, 0.4) is 0 Å². The zero-order valence-corrected chi connectivity index (χ0v) is 15.2. The van der Waals surface area contributed by atoms with E-state index in [0.29, 0.717) is 12.1 Å². The van der Waals surface area contributed by atoms with E-state index < -0.39 is 0 Å². The molecule has 1 aliphatic heterocycles. The summed E-state index contributed by atoms with van der Waals surface area (Å²) >= 11 is 0. The van der Waals surface area contributed by atoms with Gasteiger partial charge in [-0.25, -0.2) is 4.98 Å². The minimum absolute atomic E-state index is 0.0494. The highest BCUT2D eigenvalue weighted by Gasteiger charge is 2.23. The number of hydrogen-bond acceptors (Lipinski definition) is 5. The molecule has 0 N–H and O–H groups in total. The molecule has 0 aromatic carbocycles. The van der Waals surface area contributed by atoms with Gasteiger partial charge in [0.25, 0.3) is 5.91 Å². The third-order valence-corrected chi connectivity index (χ3v) is 4.26. The van der Waals surface area contributed by atoms with Crippen molar-refractivity contribution in [3.05, 3.63) is 41.9 Å². The van der Waals surface area contributed by atoms with Crippen LogP contribution in [0.2, 0.25) is 0 Å². The van der Waals surface area contributed by atoms with Gasteiger partial charge in [-0.05, 0) is 26.0 Å². The summed E-state index contributed by atoms with van der Waals surface area (Å²) in [4.78, 5) is 20.9. The van der Waals surface area contributed by atoms with Crippen molar-refractivity contribution in [1.29, 1.82) is 0 Å². The van der Waals surface area contributed by atoms with E-state index in [4.69, 9.17) is 4.74 Å². The first-order chi connectivity index (χ1) is 11.9. The summed E-state index contributed by atoms with van der Waals surface area (Å²) in [6, 6.07) is 3.76. The second-order valence-electron chi connectivity index (χ2n) is 6.75. The van der Waals surface area contributed by atoms with Crippen molar-refractivity contribution in [2.75, 3.05) is 25.0 Å². The SMILES string of the molecule is C[C@@H]1CN(c2ccc(C(=O)N(C)Cc3cnn(C)c3)cn2)C[C@H](C)O1. The lowest BCUT2D eigenvalue weighted by atomic mass is 10.2. The molecule has 2 aromatic rings. The minimum Gasteiger partial charge on any atom is -0.372 e. The number of amides is 1. The average Bonchev–Trinajstić information content (AvgIpc) is 2.98. The number of aryl methyl sites for hydroxylation is 1. The monoisotopic (exact) mass is 343 g/mol. The molecule has 1 saturated heterocycles. The van der Waals surface area contributed by atoms with Gasteiger partial charge in [0.05, 0.1) is 24.0 Å². The molecule has 2 atom stereocenters. The average molecular weight is 343 g/mol. The Morgan fingerprint density at radius 3 is 2.56 bits per heavy atom. The lowest BCUT2D eigenvalue weighted by Gasteiger charge is -2.36. The number of aromatic nitrogens is 3. The van der Waals surface area contributed by atoms with Crippen LogP contribution in [0.25, 0.3) is 0 Å². The molecule has 0 unspecified atom stereocenters. The summed E-state index contributed by atoms with van der Waals surface area (Å²) in [5.74, 6) is 0.833. The summed E-state index contributed by atoms with van der Waals surface area (Å²) < 4.78 is 7.48. The number of morpholine rings is 1. The Hall–Kier alpha value is -2.41. The van der Waals surface area contributed by atoms with Crippen molar-refractivity contribution >= 4 is 11.7 Å². The summed E-state index contributed by atoms with van der Waals surface area (Å²) in [5.41, 5.74) is 1.59. The molecular weight excluding hydrogens is 318 g/mol. The number of rotatable bonds is 4. The van der Waals surface area contributed by atoms with E-state index in [0.717, 1.165) is 24.5 Å². The maximum Gasteiger partial charge on any atom is 0.255 e. The van der Waals surface area contributed by atoms with Crippen LogP contribution >= 0.6 is 0 Å². The van der Waals surface area contributed by atoms with E-state index in [1.807, 2.05) is 25.4 Å². The van der Waals surface area contributed by atoms with Crippen molar-refractivity contribution in [2.45, 2.75) is 32.6 Å². The molecule has 0 saturated carbocycles. The molecule has 1 amide bonds. The highest BCUT2D eigenvalue weighted by molar-refractivity contribution is 5.93. The largest absolute Gasteiger partial charge is 0.372 e. The molecule has 2 aromatic heterocycles. The van der Waals surface area contributed by atoms with Gasteiger partial charge in [0.15, 0.2) is 0 Å². The van der Waals surface area contributed by atoms with E-state index >= 15 is 0 Å². The number of carbonyl (C=O) groups excluding carboxylic acids is 1. The summed E-state index contributed by atoms with van der Waals surface area (Å²) in [5, 5.41) is 4.13. The van der Waals surface area contributed by atoms with Crippen molar-refractivity contribution in [2.24, 2.45) is 7.05 Å². The van der Waals surface area contributed by atoms with Gasteiger partial charge in [0, 0.05) is 51.7 Å². The van der Waals surface area contributed by atoms with Crippen LogP contribution in [0.15, 0.2) is 30.7 Å². The topological polar surface area (TPSA) is 63.5 Å². The second-order valence-corrected chi connectivity index (χ2v) is 6.75. The third kappa shape index (κ3) is 4.17. The number of pyridine rings is 1. The van der Waals surface area contributed by atoms with Gasteiger partial charge in [0.2, 0.25) is 0 Å². The molecule has 1 aliphatic rings. The first-order valence-corrected chi connectivity index (χ1v) is 8.52. The van der Waals surface area contributed by atoms with Crippen LogP contribution in [0.4, 0.5) is 5.82 Å². The van der Waals surface area contributed by atoms with E-state index in [9.17, 15) is 4.79 Å². The van der Waals surface area contributed by atoms with Crippen molar-refractivity contribution < 1.29 is 9.53 Å².